The van der Waals surface area contributed by atoms with Gasteiger partial charge in [-0.05, 0) is 12.5 Å². The average molecular weight is 173 g/mol. The van der Waals surface area contributed by atoms with Crippen molar-refractivity contribution in [3.63, 3.8) is 0 Å². The monoisotopic (exact) mass is 173 g/mol. The van der Waals surface area contributed by atoms with Crippen molar-refractivity contribution in [1.82, 2.24) is 4.90 Å². The molecule has 0 N–H and O–H groups in total. The second-order valence-electron chi connectivity index (χ2n) is 3.40. The highest BCUT2D eigenvalue weighted by atomic mass is 16.5. The fourth-order valence-electron chi connectivity index (χ4n) is 1.17. The summed E-state index contributed by atoms with van der Waals surface area (Å²) in [6.07, 6.45) is 1.27. The molecule has 0 saturated heterocycles. The second kappa shape index (κ2) is 7.56. The van der Waals surface area contributed by atoms with Crippen LogP contribution in [0.3, 0.4) is 0 Å². The Kier molecular flexibility index (Phi) is 7.51. The van der Waals surface area contributed by atoms with Gasteiger partial charge in [0.15, 0.2) is 0 Å². The number of rotatable bonds is 7. The highest BCUT2D eigenvalue weighted by Gasteiger charge is 2.05. The lowest BCUT2D eigenvalue weighted by molar-refractivity contribution is 0.141. The molecular weight excluding hydrogens is 150 g/mol. The first-order chi connectivity index (χ1) is 5.74. The molecule has 0 amide bonds. The maximum absolute atomic E-state index is 5.05. The van der Waals surface area contributed by atoms with Crippen molar-refractivity contribution >= 4 is 0 Å². The molecule has 74 valence electrons. The minimum absolute atomic E-state index is 0.807. The Bertz CT molecular complexity index is 95.8. The molecular formula is C10H23NO. The van der Waals surface area contributed by atoms with Crippen LogP contribution in [0, 0.1) is 5.92 Å². The molecule has 0 heterocycles. The fraction of sp³-hybridized carbons (Fsp3) is 1.00. The van der Waals surface area contributed by atoms with E-state index in [0.717, 1.165) is 25.6 Å². The highest BCUT2D eigenvalue weighted by Crippen LogP contribution is 2.03. The Labute approximate surface area is 76.9 Å². The molecule has 12 heavy (non-hydrogen) atoms. The average Bonchev–Trinajstić information content (AvgIpc) is 2.11. The Hall–Kier alpha value is -0.0800. The molecule has 0 aliphatic carbocycles. The molecule has 0 bridgehead atoms. The molecule has 1 atom stereocenters. The van der Waals surface area contributed by atoms with Crippen LogP contribution in [0.1, 0.15) is 27.2 Å². The smallest absolute Gasteiger partial charge is 0.0589 e. The van der Waals surface area contributed by atoms with E-state index in [2.05, 4.69) is 25.7 Å². The number of methoxy groups -OCH3 is 1. The van der Waals surface area contributed by atoms with Crippen LogP contribution in [0.15, 0.2) is 0 Å². The zero-order chi connectivity index (χ0) is 9.40. The Morgan fingerprint density at radius 2 is 2.00 bits per heavy atom. The van der Waals surface area contributed by atoms with Gasteiger partial charge >= 0.3 is 0 Å². The molecule has 2 heteroatoms. The molecule has 0 fully saturated rings. The Morgan fingerprint density at radius 3 is 2.42 bits per heavy atom. The van der Waals surface area contributed by atoms with E-state index in [1.165, 1.54) is 13.0 Å². The molecule has 1 unspecified atom stereocenters. The van der Waals surface area contributed by atoms with E-state index in [9.17, 15) is 0 Å². The standard InChI is InChI=1S/C10H23NO/c1-5-10(3)9-11(6-2)7-8-12-4/h10H,5-9H2,1-4H3. The van der Waals surface area contributed by atoms with Gasteiger partial charge in [0.25, 0.3) is 0 Å². The first-order valence-corrected chi connectivity index (χ1v) is 4.95. The van der Waals surface area contributed by atoms with Crippen molar-refractivity contribution in [2.45, 2.75) is 27.2 Å². The van der Waals surface area contributed by atoms with Gasteiger partial charge in [0, 0.05) is 20.2 Å². The van der Waals surface area contributed by atoms with Crippen LogP contribution in [0.2, 0.25) is 0 Å². The van der Waals surface area contributed by atoms with E-state index in [1.54, 1.807) is 7.11 Å². The summed E-state index contributed by atoms with van der Waals surface area (Å²) in [6.45, 7) is 11.0. The molecule has 0 aromatic heterocycles. The van der Waals surface area contributed by atoms with Crippen LogP contribution in [-0.2, 0) is 4.74 Å². The lowest BCUT2D eigenvalue weighted by atomic mass is 10.1. The molecule has 0 rings (SSSR count). The normalized spacial score (nSPS) is 13.8. The van der Waals surface area contributed by atoms with E-state index < -0.39 is 0 Å². The zero-order valence-corrected chi connectivity index (χ0v) is 8.97. The maximum Gasteiger partial charge on any atom is 0.0589 e. The first kappa shape index (κ1) is 11.9. The van der Waals surface area contributed by atoms with Crippen molar-refractivity contribution in [3.05, 3.63) is 0 Å². The van der Waals surface area contributed by atoms with Gasteiger partial charge in [-0.25, -0.2) is 0 Å². The molecule has 0 spiro atoms. The van der Waals surface area contributed by atoms with Crippen molar-refractivity contribution < 1.29 is 4.74 Å². The third-order valence-corrected chi connectivity index (χ3v) is 2.33. The van der Waals surface area contributed by atoms with Crippen molar-refractivity contribution in [1.29, 1.82) is 0 Å². The van der Waals surface area contributed by atoms with Gasteiger partial charge in [-0.3, -0.25) is 0 Å². The largest absolute Gasteiger partial charge is 0.383 e. The highest BCUT2D eigenvalue weighted by molar-refractivity contribution is 4.59. The fourth-order valence-corrected chi connectivity index (χ4v) is 1.17. The van der Waals surface area contributed by atoms with E-state index >= 15 is 0 Å². The Morgan fingerprint density at radius 1 is 1.33 bits per heavy atom. The first-order valence-electron chi connectivity index (χ1n) is 4.95. The van der Waals surface area contributed by atoms with Gasteiger partial charge in [0.05, 0.1) is 6.61 Å². The molecule has 0 radical (unpaired) electrons. The van der Waals surface area contributed by atoms with Crippen molar-refractivity contribution in [3.8, 4) is 0 Å². The number of hydrogen-bond donors (Lipinski definition) is 0. The summed E-state index contributed by atoms with van der Waals surface area (Å²) in [7, 11) is 1.76. The third-order valence-electron chi connectivity index (χ3n) is 2.33. The van der Waals surface area contributed by atoms with Gasteiger partial charge in [0.2, 0.25) is 0 Å². The predicted molar refractivity (Wildman–Crippen MR) is 53.4 cm³/mol. The quantitative estimate of drug-likeness (QED) is 0.584. The molecule has 0 saturated carbocycles. The van der Waals surface area contributed by atoms with E-state index in [4.69, 9.17) is 4.74 Å². The SMILES string of the molecule is CCC(C)CN(CC)CCOC. The molecule has 0 aliphatic rings. The van der Waals surface area contributed by atoms with E-state index in [0.29, 0.717) is 0 Å². The summed E-state index contributed by atoms with van der Waals surface area (Å²) in [5, 5.41) is 0. The van der Waals surface area contributed by atoms with Crippen molar-refractivity contribution in [2.24, 2.45) is 5.92 Å². The summed E-state index contributed by atoms with van der Waals surface area (Å²) < 4.78 is 5.05. The maximum atomic E-state index is 5.05. The summed E-state index contributed by atoms with van der Waals surface area (Å²) in [5.74, 6) is 0.807. The van der Waals surface area contributed by atoms with Gasteiger partial charge in [0.1, 0.15) is 0 Å². The van der Waals surface area contributed by atoms with Crippen LogP contribution < -0.4 is 0 Å². The minimum Gasteiger partial charge on any atom is -0.383 e. The van der Waals surface area contributed by atoms with Gasteiger partial charge in [-0.2, -0.15) is 0 Å². The van der Waals surface area contributed by atoms with Crippen molar-refractivity contribution in [2.75, 3.05) is 33.4 Å². The van der Waals surface area contributed by atoms with Crippen LogP contribution in [0.25, 0.3) is 0 Å². The Balaban J connectivity index is 3.51. The van der Waals surface area contributed by atoms with Gasteiger partial charge < -0.3 is 9.64 Å². The van der Waals surface area contributed by atoms with Crippen LogP contribution in [-0.4, -0.2) is 38.3 Å². The summed E-state index contributed by atoms with van der Waals surface area (Å²) in [6, 6.07) is 0. The molecule has 2 nitrogen and oxygen atoms in total. The number of likely N-dealkylation sites (N-methyl/N-ethyl adjacent to an activating group) is 1. The summed E-state index contributed by atoms with van der Waals surface area (Å²) >= 11 is 0. The van der Waals surface area contributed by atoms with E-state index in [-0.39, 0.29) is 0 Å². The second-order valence-corrected chi connectivity index (χ2v) is 3.40. The predicted octanol–water partition coefficient (Wildman–Crippen LogP) is 2.00. The van der Waals surface area contributed by atoms with E-state index in [1.807, 2.05) is 0 Å². The number of hydrogen-bond acceptors (Lipinski definition) is 2. The van der Waals surface area contributed by atoms with Gasteiger partial charge in [-0.15, -0.1) is 0 Å². The lowest BCUT2D eigenvalue weighted by Crippen LogP contribution is -2.31. The summed E-state index contributed by atoms with van der Waals surface area (Å²) in [4.78, 5) is 2.44. The zero-order valence-electron chi connectivity index (χ0n) is 8.97. The lowest BCUT2D eigenvalue weighted by Gasteiger charge is -2.23. The van der Waals surface area contributed by atoms with Crippen LogP contribution in [0.5, 0.6) is 0 Å². The number of nitrogens with zero attached hydrogens (tertiary/aromatic N) is 1. The molecule has 0 aliphatic heterocycles. The minimum atomic E-state index is 0.807. The molecule has 0 aromatic carbocycles. The third kappa shape index (κ3) is 5.56. The van der Waals surface area contributed by atoms with Crippen LogP contribution >= 0.6 is 0 Å². The van der Waals surface area contributed by atoms with Gasteiger partial charge in [-0.1, -0.05) is 27.2 Å². The summed E-state index contributed by atoms with van der Waals surface area (Å²) in [5.41, 5.74) is 0. The molecule has 0 aromatic rings. The number of ether oxygens (including phenoxy) is 1. The van der Waals surface area contributed by atoms with Crippen LogP contribution in [0.4, 0.5) is 0 Å². The topological polar surface area (TPSA) is 12.5 Å².